The van der Waals surface area contributed by atoms with Gasteiger partial charge in [-0.15, -0.1) is 0 Å². The number of hydrogen-bond acceptors (Lipinski definition) is 0. The number of aromatic nitrogens is 2. The standard InChI is InChI=1S/C30H37BrN4.2BrH/c1-10-22-19(7)27(32-21(22)9)12-24-15(3)16(4)25(33-24)14-29-23(11-2)20(8)28(34-29)13-26-17(5)18(6)30(31)35-26;;/h12-13,32,34H,10-11,14H2,1-9H3;2*1H/b24-12-,26-13-;;. The molecule has 0 fully saturated rings. The Morgan fingerprint density at radius 2 is 1.19 bits per heavy atom. The van der Waals surface area contributed by atoms with Gasteiger partial charge in [0, 0.05) is 73.2 Å². The van der Waals surface area contributed by atoms with Crippen LogP contribution in [-0.4, -0.2) is 20.3 Å². The van der Waals surface area contributed by atoms with E-state index < -0.39 is 0 Å². The number of nitrogens with one attached hydrogen (secondary N) is 4. The van der Waals surface area contributed by atoms with Crippen molar-refractivity contribution in [3.63, 3.8) is 0 Å². The third-order valence-corrected chi connectivity index (χ3v) is 8.81. The second-order valence-electron chi connectivity index (χ2n) is 9.93. The van der Waals surface area contributed by atoms with E-state index in [9.17, 15) is 0 Å². The molecule has 2 aromatic rings. The van der Waals surface area contributed by atoms with Crippen molar-refractivity contribution in [3.8, 4) is 0 Å². The average Bonchev–Trinajstić information content (AvgIpc) is 3.45. The topological polar surface area (TPSA) is 59.5 Å². The lowest BCUT2D eigenvalue weighted by atomic mass is 10.00. The summed E-state index contributed by atoms with van der Waals surface area (Å²) in [6, 6.07) is 0. The Bertz CT molecular complexity index is 1400. The molecule has 37 heavy (non-hydrogen) atoms. The molecule has 2 aliphatic heterocycles. The molecule has 0 radical (unpaired) electrons. The highest BCUT2D eigenvalue weighted by atomic mass is 79.9. The lowest BCUT2D eigenvalue weighted by Gasteiger charge is -2.01. The van der Waals surface area contributed by atoms with Gasteiger partial charge in [0.1, 0.15) is 0 Å². The van der Waals surface area contributed by atoms with Crippen LogP contribution in [0.1, 0.15) is 86.6 Å². The number of halogens is 3. The lowest BCUT2D eigenvalue weighted by Crippen LogP contribution is -3.00. The van der Waals surface area contributed by atoms with Crippen LogP contribution in [0.25, 0.3) is 12.2 Å². The maximum Gasteiger partial charge on any atom is 0.250 e. The Morgan fingerprint density at radius 1 is 0.676 bits per heavy atom. The summed E-state index contributed by atoms with van der Waals surface area (Å²) in [5, 5.41) is 0. The number of rotatable bonds is 6. The quantitative estimate of drug-likeness (QED) is 0.283. The van der Waals surface area contributed by atoms with Gasteiger partial charge in [0.2, 0.25) is 16.0 Å². The monoisotopic (exact) mass is 692 g/mol. The van der Waals surface area contributed by atoms with E-state index in [2.05, 4.69) is 110 Å². The SMILES string of the molecule is CCc1c(C)[nH]c(/C=C2\[NH+]=C(Cc3[nH]c(/C=C4\[NH+]=C(Br)C(C)=C4C)c(C)c3CC)C(C)=C2C)c1C.[Br-].[Br-]. The molecule has 200 valence electrons. The molecule has 0 atom stereocenters. The lowest BCUT2D eigenvalue weighted by molar-refractivity contribution is -0.387. The van der Waals surface area contributed by atoms with E-state index in [-0.39, 0.29) is 34.0 Å². The molecule has 2 aliphatic rings. The van der Waals surface area contributed by atoms with Crippen LogP contribution in [0.15, 0.2) is 33.7 Å². The summed E-state index contributed by atoms with van der Waals surface area (Å²) in [4.78, 5) is 14.6. The van der Waals surface area contributed by atoms with Crippen molar-refractivity contribution in [2.45, 2.75) is 81.6 Å². The Hall–Kier alpha value is -1.70. The molecule has 0 aliphatic carbocycles. The number of hydrogen-bond donors (Lipinski definition) is 4. The van der Waals surface area contributed by atoms with Crippen LogP contribution in [0, 0.1) is 20.8 Å². The molecule has 0 amide bonds. The normalized spacial score (nSPS) is 17.6. The number of H-pyrrole nitrogens is 2. The van der Waals surface area contributed by atoms with E-state index in [1.54, 1.807) is 0 Å². The molecule has 2 aromatic heterocycles. The first-order valence-electron chi connectivity index (χ1n) is 12.7. The molecular weight excluding hydrogens is 656 g/mol. The summed E-state index contributed by atoms with van der Waals surface area (Å²) >= 11 is 3.64. The van der Waals surface area contributed by atoms with Crippen molar-refractivity contribution in [3.05, 3.63) is 78.7 Å². The minimum Gasteiger partial charge on any atom is -1.00 e. The van der Waals surface area contributed by atoms with Gasteiger partial charge in [-0.05, 0) is 83.6 Å². The number of aromatic amines is 2. The molecule has 4 rings (SSSR count). The minimum absolute atomic E-state index is 0. The summed E-state index contributed by atoms with van der Waals surface area (Å²) in [5.74, 6) is 0. The zero-order chi connectivity index (χ0) is 25.6. The number of aryl methyl sites for hydroxylation is 1. The maximum atomic E-state index is 3.76. The highest BCUT2D eigenvalue weighted by Crippen LogP contribution is 2.27. The van der Waals surface area contributed by atoms with E-state index >= 15 is 0 Å². The fourth-order valence-corrected chi connectivity index (χ4v) is 5.88. The molecule has 0 bridgehead atoms. The van der Waals surface area contributed by atoms with E-state index in [0.717, 1.165) is 29.6 Å². The van der Waals surface area contributed by atoms with E-state index in [1.807, 2.05) is 0 Å². The van der Waals surface area contributed by atoms with Crippen LogP contribution < -0.4 is 43.9 Å². The Labute approximate surface area is 251 Å². The molecule has 4 heterocycles. The van der Waals surface area contributed by atoms with Crippen LogP contribution in [0.4, 0.5) is 0 Å². The summed E-state index contributed by atoms with van der Waals surface area (Å²) in [6.45, 7) is 19.9. The van der Waals surface area contributed by atoms with E-state index in [0.29, 0.717) is 0 Å². The summed E-state index contributed by atoms with van der Waals surface area (Å²) in [6.07, 6.45) is 7.46. The predicted molar refractivity (Wildman–Crippen MR) is 152 cm³/mol. The van der Waals surface area contributed by atoms with Crippen molar-refractivity contribution in [1.29, 1.82) is 0 Å². The van der Waals surface area contributed by atoms with Crippen molar-refractivity contribution in [2.24, 2.45) is 0 Å². The summed E-state index contributed by atoms with van der Waals surface area (Å²) in [5.41, 5.74) is 19.3. The Kier molecular flexibility index (Phi) is 10.6. The molecule has 0 spiro atoms. The first kappa shape index (κ1) is 31.5. The molecule has 4 nitrogen and oxygen atoms in total. The fourth-order valence-electron chi connectivity index (χ4n) is 5.37. The van der Waals surface area contributed by atoms with Crippen molar-refractivity contribution >= 4 is 38.4 Å². The van der Waals surface area contributed by atoms with Gasteiger partial charge in [-0.3, -0.25) is 0 Å². The van der Waals surface area contributed by atoms with Crippen LogP contribution >= 0.6 is 15.9 Å². The second kappa shape index (κ2) is 12.4. The smallest absolute Gasteiger partial charge is 0.250 e. The van der Waals surface area contributed by atoms with Gasteiger partial charge in [-0.1, -0.05) is 13.8 Å². The van der Waals surface area contributed by atoms with Crippen LogP contribution in [0.5, 0.6) is 0 Å². The van der Waals surface area contributed by atoms with E-state index in [1.165, 1.54) is 78.7 Å². The largest absolute Gasteiger partial charge is 1.00 e. The average molecular weight is 695 g/mol. The highest BCUT2D eigenvalue weighted by Gasteiger charge is 2.28. The molecule has 7 heteroatoms. The first-order chi connectivity index (χ1) is 16.6. The summed E-state index contributed by atoms with van der Waals surface area (Å²) < 4.78 is 1.06. The molecule has 4 N–H and O–H groups in total. The highest BCUT2D eigenvalue weighted by molar-refractivity contribution is 9.18. The molecule has 0 aromatic carbocycles. The van der Waals surface area contributed by atoms with Gasteiger partial charge in [0.15, 0.2) is 5.71 Å². The minimum atomic E-state index is 0. The second-order valence-corrected chi connectivity index (χ2v) is 10.7. The van der Waals surface area contributed by atoms with Crippen LogP contribution in [0.3, 0.4) is 0 Å². The fraction of sp³-hybridized carbons (Fsp3) is 0.400. The zero-order valence-electron chi connectivity index (χ0n) is 23.4. The van der Waals surface area contributed by atoms with Crippen LogP contribution in [-0.2, 0) is 19.3 Å². The maximum absolute atomic E-state index is 3.76. The molecule has 0 saturated carbocycles. The van der Waals surface area contributed by atoms with Gasteiger partial charge >= 0.3 is 0 Å². The van der Waals surface area contributed by atoms with Gasteiger partial charge in [0.05, 0.1) is 6.42 Å². The van der Waals surface area contributed by atoms with Crippen molar-refractivity contribution in [1.82, 2.24) is 9.97 Å². The third-order valence-electron chi connectivity index (χ3n) is 8.02. The van der Waals surface area contributed by atoms with Crippen molar-refractivity contribution < 1.29 is 43.9 Å². The van der Waals surface area contributed by atoms with Gasteiger partial charge < -0.3 is 43.9 Å². The molecule has 0 saturated heterocycles. The van der Waals surface area contributed by atoms with Gasteiger partial charge in [0.25, 0.3) is 0 Å². The predicted octanol–water partition coefficient (Wildman–Crippen LogP) is -1.58. The van der Waals surface area contributed by atoms with Crippen LogP contribution in [0.2, 0.25) is 0 Å². The molecular formula is C30H39Br3N4. The van der Waals surface area contributed by atoms with Crippen molar-refractivity contribution in [2.75, 3.05) is 0 Å². The summed E-state index contributed by atoms with van der Waals surface area (Å²) in [7, 11) is 0. The first-order valence-corrected chi connectivity index (χ1v) is 13.5. The van der Waals surface area contributed by atoms with E-state index in [4.69, 9.17) is 0 Å². The van der Waals surface area contributed by atoms with Gasteiger partial charge in [-0.25, -0.2) is 4.99 Å². The third kappa shape index (κ3) is 5.84. The van der Waals surface area contributed by atoms with Gasteiger partial charge in [-0.2, -0.15) is 4.99 Å². The number of allylic oxidation sites excluding steroid dienone is 4. The molecule has 0 unspecified atom stereocenters. The zero-order valence-corrected chi connectivity index (χ0v) is 28.2. The Balaban J connectivity index is 0.00000241. The Morgan fingerprint density at radius 3 is 1.70 bits per heavy atom.